The van der Waals surface area contributed by atoms with E-state index in [9.17, 15) is 18.0 Å². The van der Waals surface area contributed by atoms with Crippen molar-refractivity contribution in [2.75, 3.05) is 31.6 Å². The summed E-state index contributed by atoms with van der Waals surface area (Å²) in [5.41, 5.74) is 2.08. The fourth-order valence-corrected chi connectivity index (χ4v) is 5.18. The van der Waals surface area contributed by atoms with E-state index in [1.807, 2.05) is 13.8 Å². The van der Waals surface area contributed by atoms with Crippen molar-refractivity contribution in [1.82, 2.24) is 9.29 Å². The Kier molecular flexibility index (Phi) is 7.06. The minimum absolute atomic E-state index is 0.0506. The highest BCUT2D eigenvalue weighted by Crippen LogP contribution is 2.31. The molecule has 0 radical (unpaired) electrons. The summed E-state index contributed by atoms with van der Waals surface area (Å²) < 4.78 is 38.6. The number of ketones is 1. The molecule has 174 valence electrons. The third-order valence-electron chi connectivity index (χ3n) is 5.19. The number of ether oxygens (including phenoxy) is 2. The van der Waals surface area contributed by atoms with Gasteiger partial charge in [-0.25, -0.2) is 8.42 Å². The molecule has 32 heavy (non-hydrogen) atoms. The van der Waals surface area contributed by atoms with Gasteiger partial charge in [-0.05, 0) is 58.4 Å². The fraction of sp³-hybridized carbons (Fsp3) is 0.455. The quantitative estimate of drug-likeness (QED) is 0.610. The number of anilines is 1. The lowest BCUT2D eigenvalue weighted by molar-refractivity contribution is 0.0730. The SMILES string of the molecule is CC(=O)c1c(C)[nH]c(C(=O)Nc2cc(S(=O)(=O)N3CCOCC3)ccc2OC(C)C)c1C. The normalized spacial score (nSPS) is 15.1. The Hall–Kier alpha value is -2.69. The number of rotatable bonds is 7. The molecule has 0 bridgehead atoms. The molecule has 0 atom stereocenters. The molecule has 2 heterocycles. The standard InChI is InChI=1S/C22H29N3O6S/c1-13(2)31-19-7-6-17(32(28,29)25-8-10-30-11-9-25)12-18(19)24-22(27)21-14(3)20(16(5)26)15(4)23-21/h6-7,12-13,23H,8-11H2,1-5H3,(H,24,27). The number of aromatic nitrogens is 1. The second kappa shape index (κ2) is 9.43. The van der Waals surface area contributed by atoms with Crippen molar-refractivity contribution in [3.63, 3.8) is 0 Å². The number of H-pyrrole nitrogens is 1. The van der Waals surface area contributed by atoms with E-state index in [-0.39, 0.29) is 41.3 Å². The van der Waals surface area contributed by atoms with Crippen LogP contribution in [0.25, 0.3) is 0 Å². The smallest absolute Gasteiger partial charge is 0.272 e. The molecule has 0 aliphatic carbocycles. The summed E-state index contributed by atoms with van der Waals surface area (Å²) >= 11 is 0. The monoisotopic (exact) mass is 463 g/mol. The van der Waals surface area contributed by atoms with Gasteiger partial charge < -0.3 is 19.8 Å². The van der Waals surface area contributed by atoms with E-state index in [0.717, 1.165) is 0 Å². The Morgan fingerprint density at radius 2 is 1.84 bits per heavy atom. The van der Waals surface area contributed by atoms with Gasteiger partial charge in [0.1, 0.15) is 11.4 Å². The van der Waals surface area contributed by atoms with Crippen LogP contribution in [-0.4, -0.2) is 61.8 Å². The fourth-order valence-electron chi connectivity index (χ4n) is 3.75. The van der Waals surface area contributed by atoms with Crippen LogP contribution in [0.4, 0.5) is 5.69 Å². The van der Waals surface area contributed by atoms with Gasteiger partial charge in [-0.2, -0.15) is 4.31 Å². The highest BCUT2D eigenvalue weighted by molar-refractivity contribution is 7.89. The average Bonchev–Trinajstić information content (AvgIpc) is 3.03. The van der Waals surface area contributed by atoms with Gasteiger partial charge in [0.25, 0.3) is 5.91 Å². The number of nitrogens with one attached hydrogen (secondary N) is 2. The molecular formula is C22H29N3O6S. The van der Waals surface area contributed by atoms with Crippen molar-refractivity contribution in [1.29, 1.82) is 0 Å². The minimum Gasteiger partial charge on any atom is -0.489 e. The maximum atomic E-state index is 13.1. The van der Waals surface area contributed by atoms with Crippen LogP contribution in [-0.2, 0) is 14.8 Å². The van der Waals surface area contributed by atoms with E-state index in [1.165, 1.54) is 29.4 Å². The van der Waals surface area contributed by atoms with E-state index in [2.05, 4.69) is 10.3 Å². The molecule has 1 aromatic carbocycles. The topological polar surface area (TPSA) is 118 Å². The van der Waals surface area contributed by atoms with Gasteiger partial charge in [-0.3, -0.25) is 9.59 Å². The van der Waals surface area contributed by atoms with Gasteiger partial charge in [-0.1, -0.05) is 0 Å². The first-order valence-electron chi connectivity index (χ1n) is 10.4. The number of sulfonamides is 1. The number of benzene rings is 1. The van der Waals surface area contributed by atoms with Crippen LogP contribution in [0.2, 0.25) is 0 Å². The summed E-state index contributed by atoms with van der Waals surface area (Å²) in [6.07, 6.45) is -0.189. The second-order valence-electron chi connectivity index (χ2n) is 7.98. The zero-order valence-electron chi connectivity index (χ0n) is 18.9. The number of carbonyl (C=O) groups excluding carboxylic acids is 2. The third kappa shape index (κ3) is 4.87. The first-order chi connectivity index (χ1) is 15.0. The molecule has 2 N–H and O–H groups in total. The van der Waals surface area contributed by atoms with Crippen molar-refractivity contribution < 1.29 is 27.5 Å². The largest absolute Gasteiger partial charge is 0.489 e. The number of carbonyl (C=O) groups is 2. The molecule has 9 nitrogen and oxygen atoms in total. The zero-order valence-corrected chi connectivity index (χ0v) is 19.8. The maximum absolute atomic E-state index is 13.1. The lowest BCUT2D eigenvalue weighted by Crippen LogP contribution is -2.40. The Bertz CT molecular complexity index is 1130. The number of hydrogen-bond donors (Lipinski definition) is 2. The van der Waals surface area contributed by atoms with Crippen LogP contribution >= 0.6 is 0 Å². The van der Waals surface area contributed by atoms with Gasteiger partial charge in [0.2, 0.25) is 10.0 Å². The highest BCUT2D eigenvalue weighted by atomic mass is 32.2. The minimum atomic E-state index is -3.76. The molecule has 2 aromatic rings. The van der Waals surface area contributed by atoms with Crippen LogP contribution in [0.15, 0.2) is 23.1 Å². The van der Waals surface area contributed by atoms with E-state index in [0.29, 0.717) is 35.8 Å². The van der Waals surface area contributed by atoms with Crippen LogP contribution in [0.1, 0.15) is 52.9 Å². The molecule has 0 unspecified atom stereocenters. The van der Waals surface area contributed by atoms with Gasteiger partial charge in [0.05, 0.1) is 29.9 Å². The van der Waals surface area contributed by atoms with Crippen molar-refractivity contribution in [2.24, 2.45) is 0 Å². The van der Waals surface area contributed by atoms with E-state index in [1.54, 1.807) is 13.8 Å². The molecular weight excluding hydrogens is 434 g/mol. The summed E-state index contributed by atoms with van der Waals surface area (Å²) in [4.78, 5) is 28.0. The van der Waals surface area contributed by atoms with E-state index in [4.69, 9.17) is 9.47 Å². The first kappa shape index (κ1) is 24.0. The van der Waals surface area contributed by atoms with E-state index >= 15 is 0 Å². The van der Waals surface area contributed by atoms with Gasteiger partial charge >= 0.3 is 0 Å². The molecule has 10 heteroatoms. The predicted octanol–water partition coefficient (Wildman–Crippen LogP) is 2.89. The molecule has 1 aliphatic rings. The molecule has 1 aliphatic heterocycles. The zero-order chi connectivity index (χ0) is 23.6. The molecule has 1 saturated heterocycles. The second-order valence-corrected chi connectivity index (χ2v) is 9.91. The van der Waals surface area contributed by atoms with Crippen molar-refractivity contribution in [3.05, 3.63) is 40.7 Å². The Labute approximate surface area is 188 Å². The predicted molar refractivity (Wildman–Crippen MR) is 120 cm³/mol. The Morgan fingerprint density at radius 3 is 2.41 bits per heavy atom. The molecule has 0 spiro atoms. The number of morpholine rings is 1. The van der Waals surface area contributed by atoms with Crippen LogP contribution in [0.5, 0.6) is 5.75 Å². The molecule has 1 fully saturated rings. The molecule has 1 aromatic heterocycles. The summed E-state index contributed by atoms with van der Waals surface area (Å²) in [6.45, 7) is 9.74. The number of amides is 1. The summed E-state index contributed by atoms with van der Waals surface area (Å²) in [7, 11) is -3.76. The Morgan fingerprint density at radius 1 is 1.19 bits per heavy atom. The highest BCUT2D eigenvalue weighted by Gasteiger charge is 2.28. The van der Waals surface area contributed by atoms with Crippen LogP contribution in [0, 0.1) is 13.8 Å². The maximum Gasteiger partial charge on any atom is 0.272 e. The number of Topliss-reactive ketones (excluding diaryl/α,β-unsaturated/α-hetero) is 1. The summed E-state index contributed by atoms with van der Waals surface area (Å²) in [5, 5.41) is 2.75. The van der Waals surface area contributed by atoms with Gasteiger partial charge in [-0.15, -0.1) is 0 Å². The van der Waals surface area contributed by atoms with E-state index < -0.39 is 15.9 Å². The number of hydrogen-bond acceptors (Lipinski definition) is 6. The van der Waals surface area contributed by atoms with Gasteiger partial charge in [0.15, 0.2) is 5.78 Å². The molecule has 0 saturated carbocycles. The third-order valence-corrected chi connectivity index (χ3v) is 7.08. The number of aryl methyl sites for hydroxylation is 1. The van der Waals surface area contributed by atoms with Crippen LogP contribution in [0.3, 0.4) is 0 Å². The van der Waals surface area contributed by atoms with Crippen molar-refractivity contribution >= 4 is 27.4 Å². The molecule has 3 rings (SSSR count). The number of nitrogens with zero attached hydrogens (tertiary/aromatic N) is 1. The first-order valence-corrected chi connectivity index (χ1v) is 11.9. The number of aromatic amines is 1. The summed E-state index contributed by atoms with van der Waals surface area (Å²) in [5.74, 6) is -0.285. The lowest BCUT2D eigenvalue weighted by atomic mass is 10.1. The van der Waals surface area contributed by atoms with Gasteiger partial charge in [0, 0.05) is 24.3 Å². The van der Waals surface area contributed by atoms with Crippen molar-refractivity contribution in [3.8, 4) is 5.75 Å². The Balaban J connectivity index is 1.98. The van der Waals surface area contributed by atoms with Crippen LogP contribution < -0.4 is 10.1 Å². The van der Waals surface area contributed by atoms with Crippen molar-refractivity contribution in [2.45, 2.75) is 45.6 Å². The summed E-state index contributed by atoms with van der Waals surface area (Å²) in [6, 6.07) is 4.41. The lowest BCUT2D eigenvalue weighted by Gasteiger charge is -2.26. The average molecular weight is 464 g/mol. The molecule has 1 amide bonds.